The van der Waals surface area contributed by atoms with Crippen molar-refractivity contribution >= 4 is 88.3 Å². The highest BCUT2D eigenvalue weighted by molar-refractivity contribution is 6.01. The number of carbonyl (C=O) groups excluding carboxylic acids is 9. The minimum Gasteiger partial charge on any atom is -0.497 e. The highest BCUT2D eigenvalue weighted by Crippen LogP contribution is 2.30. The molecule has 0 saturated heterocycles. The Kier molecular flexibility index (Phi) is 47.5. The van der Waals surface area contributed by atoms with Gasteiger partial charge in [-0.3, -0.25) is 43.2 Å². The van der Waals surface area contributed by atoms with E-state index in [-0.39, 0.29) is 73.3 Å². The molecule has 6 amide bonds. The van der Waals surface area contributed by atoms with Crippen LogP contribution in [0.3, 0.4) is 0 Å². The van der Waals surface area contributed by atoms with Crippen LogP contribution in [-0.2, 0) is 67.7 Å². The van der Waals surface area contributed by atoms with Crippen molar-refractivity contribution in [3.8, 4) is 51.7 Å². The van der Waals surface area contributed by atoms with Crippen LogP contribution in [0.2, 0.25) is 0 Å². The third kappa shape index (κ3) is 40.2. The van der Waals surface area contributed by atoms with Crippen molar-refractivity contribution in [3.63, 3.8) is 0 Å². The van der Waals surface area contributed by atoms with Crippen LogP contribution >= 0.6 is 0 Å². The number of benzene rings is 12. The number of unbranched alkanes of at least 4 members (excludes halogenated alkanes) is 14. The number of amides is 6. The van der Waals surface area contributed by atoms with Gasteiger partial charge in [-0.2, -0.15) is 0 Å². The number of carboxylic acids is 3. The van der Waals surface area contributed by atoms with E-state index in [2.05, 4.69) is 36.7 Å². The SMILES string of the molecule is CCCCCCCCOc1cccc(C(=O)Oc2ccc(CN(CC(=O)O)C(=O)c3ccc(NC(=O)Cc4ccc(OC)cc4)cc3)cc2)c1.CCCCCCCCOc1ccccc1C(=O)Oc1ccc(CN(CC(=O)O)C(=O)c2ccc(NC(=O)Cc3ccc(OC)cc3)cc2)cc1.CCCCCCCOc1ccccc1C(=O)Oc1ccc(CN(CC(=O)O)C(=O)c2ccc(NC(=O)Cc3ccc(OC)cc3)cc2)cc1. The fourth-order valence-electron chi connectivity index (χ4n) is 15.5. The minimum absolute atomic E-state index is 0.00857. The number of esters is 3. The molecule has 0 aliphatic rings. The van der Waals surface area contributed by atoms with E-state index in [1.807, 2.05) is 48.5 Å². The van der Waals surface area contributed by atoms with Gasteiger partial charge in [0.25, 0.3) is 17.7 Å². The molecule has 0 bridgehead atoms. The summed E-state index contributed by atoms with van der Waals surface area (Å²) >= 11 is 0. The second-order valence-corrected chi connectivity index (χ2v) is 35.2. The lowest BCUT2D eigenvalue weighted by Gasteiger charge is -2.21. The average Bonchev–Trinajstić information content (AvgIpc) is 0.849. The number of carbonyl (C=O) groups is 12. The quantitative estimate of drug-likeness (QED) is 0.0117. The van der Waals surface area contributed by atoms with Crippen molar-refractivity contribution in [2.75, 3.05) is 76.7 Å². The lowest BCUT2D eigenvalue weighted by atomic mass is 10.1. The van der Waals surface area contributed by atoms with Crippen molar-refractivity contribution in [2.45, 2.75) is 169 Å². The van der Waals surface area contributed by atoms with Crippen molar-refractivity contribution in [1.29, 1.82) is 0 Å². The van der Waals surface area contributed by atoms with E-state index in [4.69, 9.17) is 42.6 Å². The first-order valence-electron chi connectivity index (χ1n) is 50.0. The summed E-state index contributed by atoms with van der Waals surface area (Å²) in [6, 6.07) is 80.8. The number of aliphatic carboxylic acids is 3. The number of para-hydroxylation sites is 2. The number of carboxylic acid groups (broad SMARTS) is 3. The lowest BCUT2D eigenvalue weighted by Crippen LogP contribution is -2.35. The molecule has 0 heterocycles. The van der Waals surface area contributed by atoms with Gasteiger partial charge in [0.2, 0.25) is 17.7 Å². The summed E-state index contributed by atoms with van der Waals surface area (Å²) in [5.41, 5.74) is 7.69. The lowest BCUT2D eigenvalue weighted by molar-refractivity contribution is -0.138. The molecule has 30 heteroatoms. The number of nitrogens with zero attached hydrogens (tertiary/aromatic N) is 3. The first-order valence-corrected chi connectivity index (χ1v) is 50.0. The summed E-state index contributed by atoms with van der Waals surface area (Å²) in [5, 5.41) is 37.0. The van der Waals surface area contributed by atoms with Gasteiger partial charge in [0.1, 0.15) is 82.5 Å². The molecule has 0 saturated carbocycles. The van der Waals surface area contributed by atoms with E-state index < -0.39 is 73.2 Å². The van der Waals surface area contributed by atoms with Gasteiger partial charge in [-0.05, 0) is 241 Å². The maximum atomic E-state index is 13.3. The Hall–Kier alpha value is -16.9. The zero-order valence-electron chi connectivity index (χ0n) is 85.0. The number of anilines is 3. The van der Waals surface area contributed by atoms with Crippen LogP contribution in [0.4, 0.5) is 17.1 Å². The molecule has 0 atom stereocenters. The van der Waals surface area contributed by atoms with Crippen LogP contribution in [0.15, 0.2) is 291 Å². The summed E-state index contributed by atoms with van der Waals surface area (Å²) in [6.45, 7) is 6.63. The molecular formula is C119H130N6O24. The fraction of sp³-hybridized carbons (Fsp3) is 0.294. The van der Waals surface area contributed by atoms with Gasteiger partial charge in [0.15, 0.2) is 0 Å². The van der Waals surface area contributed by atoms with Crippen LogP contribution in [-0.4, -0.2) is 162 Å². The number of ether oxygens (including phenoxy) is 9. The van der Waals surface area contributed by atoms with Gasteiger partial charge >= 0.3 is 35.8 Å². The largest absolute Gasteiger partial charge is 0.497 e. The predicted molar refractivity (Wildman–Crippen MR) is 568 cm³/mol. The third-order valence-corrected chi connectivity index (χ3v) is 23.5. The number of methoxy groups -OCH3 is 3. The normalized spacial score (nSPS) is 10.6. The molecule has 12 rings (SSSR count). The smallest absolute Gasteiger partial charge is 0.347 e. The molecule has 0 fully saturated rings. The topological polar surface area (TPSA) is 394 Å². The number of rotatable bonds is 56. The molecule has 6 N–H and O–H groups in total. The Bertz CT molecular complexity index is 6310. The Labute approximate surface area is 868 Å². The van der Waals surface area contributed by atoms with Crippen LogP contribution in [0.5, 0.6) is 51.7 Å². The molecule has 12 aromatic carbocycles. The Morgan fingerprint density at radius 3 is 0.819 bits per heavy atom. The van der Waals surface area contributed by atoms with E-state index in [9.17, 15) is 72.9 Å². The molecule has 0 unspecified atom stereocenters. The second-order valence-electron chi connectivity index (χ2n) is 35.2. The van der Waals surface area contributed by atoms with Crippen LogP contribution in [0.1, 0.15) is 225 Å². The second kappa shape index (κ2) is 62.0. The maximum absolute atomic E-state index is 13.3. The summed E-state index contributed by atoms with van der Waals surface area (Å²) in [4.78, 5) is 155. The van der Waals surface area contributed by atoms with Crippen molar-refractivity contribution in [2.24, 2.45) is 0 Å². The molecular weight excluding hydrogens is 1900 g/mol. The Morgan fingerprint density at radius 2 is 0.523 bits per heavy atom. The standard InChI is InChI=1S/2C40H44N2O8.C39H42N2O8/c1-3-4-5-6-7-10-25-49-36-12-9-8-11-35(36)40(47)50-34-23-15-30(16-24-34)27-42(28-38(44)45)39(46)31-17-19-32(20-18-31)41-37(43)26-29-13-21-33(48-2)22-14-29;1-3-4-5-6-7-8-24-49-36-11-9-10-32(26-36)40(47)50-35-22-14-30(15-23-35)27-42(28-38(44)45)39(46)31-16-18-33(19-17-31)41-37(43)25-29-12-20-34(48-2)21-13-29;1-3-4-5-6-9-24-48-35-11-8-7-10-34(35)39(46)49-33-22-14-29(15-23-33)26-41(27-37(43)44)38(45)30-16-18-31(19-17-30)40-36(42)25-28-12-20-32(47-2)21-13-28/h8-9,11-24H,3-7,10,25-28H2,1-2H3,(H,41,43)(H,44,45);9-23,26H,3-8,24-25,27-28H2,1-2H3,(H,41,43)(H,44,45);7-8,10-23H,3-6,9,24-27H2,1-2H3,(H,40,42)(H,43,44). The van der Waals surface area contributed by atoms with E-state index in [1.54, 1.807) is 228 Å². The van der Waals surface area contributed by atoms with Crippen LogP contribution in [0.25, 0.3) is 0 Å². The van der Waals surface area contributed by atoms with Crippen LogP contribution < -0.4 is 58.6 Å². The van der Waals surface area contributed by atoms with Crippen molar-refractivity contribution in [1.82, 2.24) is 14.7 Å². The monoisotopic (exact) mass is 2030 g/mol. The molecule has 0 spiro atoms. The van der Waals surface area contributed by atoms with E-state index in [1.165, 1.54) is 115 Å². The van der Waals surface area contributed by atoms with Gasteiger partial charge in [0.05, 0.1) is 66.0 Å². The van der Waals surface area contributed by atoms with E-state index in [0.717, 1.165) is 61.6 Å². The molecule has 30 nitrogen and oxygen atoms in total. The first-order chi connectivity index (χ1) is 72.2. The van der Waals surface area contributed by atoms with Crippen molar-refractivity contribution < 1.29 is 115 Å². The number of hydrogen-bond donors (Lipinski definition) is 6. The molecule has 0 aliphatic heterocycles. The van der Waals surface area contributed by atoms with E-state index >= 15 is 0 Å². The number of hydrogen-bond acceptors (Lipinski definition) is 21. The minimum atomic E-state index is -1.16. The molecule has 12 aromatic rings. The fourth-order valence-corrected chi connectivity index (χ4v) is 15.5. The predicted octanol–water partition coefficient (Wildman–Crippen LogP) is 22.3. The summed E-state index contributed by atoms with van der Waals surface area (Å²) in [5.74, 6) is -2.75. The van der Waals surface area contributed by atoms with E-state index in [0.29, 0.717) is 122 Å². The first kappa shape index (κ1) is 114. The highest BCUT2D eigenvalue weighted by atomic mass is 16.6. The number of nitrogens with one attached hydrogen (secondary N) is 3. The molecule has 780 valence electrons. The maximum Gasteiger partial charge on any atom is 0.347 e. The van der Waals surface area contributed by atoms with Gasteiger partial charge in [-0.25, -0.2) is 14.4 Å². The van der Waals surface area contributed by atoms with Gasteiger partial charge in [0, 0.05) is 53.4 Å². The Balaban J connectivity index is 0.000000228. The summed E-state index contributed by atoms with van der Waals surface area (Å²) < 4.78 is 49.8. The van der Waals surface area contributed by atoms with Gasteiger partial charge in [-0.1, -0.05) is 214 Å². The highest BCUT2D eigenvalue weighted by Gasteiger charge is 2.26. The zero-order valence-corrected chi connectivity index (χ0v) is 85.0. The van der Waals surface area contributed by atoms with Crippen LogP contribution in [0, 0.1) is 0 Å². The average molecular weight is 2030 g/mol. The zero-order chi connectivity index (χ0) is 106. The van der Waals surface area contributed by atoms with Gasteiger partial charge < -0.3 is 88.6 Å². The molecule has 0 radical (unpaired) electrons. The Morgan fingerprint density at radius 1 is 0.255 bits per heavy atom. The van der Waals surface area contributed by atoms with Gasteiger partial charge in [-0.15, -0.1) is 0 Å². The molecule has 149 heavy (non-hydrogen) atoms. The van der Waals surface area contributed by atoms with Crippen molar-refractivity contribution in [3.05, 3.63) is 358 Å². The molecule has 0 aliphatic carbocycles. The summed E-state index contributed by atoms with van der Waals surface area (Å²) in [6.07, 6.45) is 19.8. The third-order valence-electron chi connectivity index (χ3n) is 23.5. The summed E-state index contributed by atoms with van der Waals surface area (Å²) in [7, 11) is 4.72. The molecule has 0 aromatic heterocycles.